The molecule has 0 unspecified atom stereocenters. The van der Waals surface area contributed by atoms with E-state index in [4.69, 9.17) is 4.74 Å². The highest BCUT2D eigenvalue weighted by Gasteiger charge is 2.11. The van der Waals surface area contributed by atoms with Crippen LogP contribution in [0.4, 0.5) is 0 Å². The number of aromatic nitrogens is 2. The standard InChI is InChI=1S/C25H24N4O2/c1-3-14-31-22-12-10-19(11-13-22)23-16-24(28-27-23)25(30)29-26-17(2)20-9-8-18-6-4-5-7-21(18)15-20/h4-13,15-16H,3,14H2,1-2H3,(H,27,28)(H,29,30)/b26-17+. The van der Waals surface area contributed by atoms with Gasteiger partial charge in [0.15, 0.2) is 0 Å². The normalized spacial score (nSPS) is 11.5. The Morgan fingerprint density at radius 3 is 2.58 bits per heavy atom. The third-order valence-corrected chi connectivity index (χ3v) is 4.94. The number of hydrazone groups is 1. The molecule has 0 bridgehead atoms. The Kier molecular flexibility index (Phi) is 6.08. The smallest absolute Gasteiger partial charge is 0.289 e. The predicted molar refractivity (Wildman–Crippen MR) is 123 cm³/mol. The molecule has 0 aliphatic heterocycles. The molecular weight excluding hydrogens is 388 g/mol. The number of nitrogens with one attached hydrogen (secondary N) is 2. The molecule has 0 saturated heterocycles. The zero-order valence-electron chi connectivity index (χ0n) is 17.6. The molecule has 6 heteroatoms. The minimum absolute atomic E-state index is 0.344. The lowest BCUT2D eigenvalue weighted by Crippen LogP contribution is -2.19. The molecule has 0 atom stereocenters. The first-order chi connectivity index (χ1) is 15.1. The topological polar surface area (TPSA) is 79.4 Å². The van der Waals surface area contributed by atoms with Gasteiger partial charge in [-0.15, -0.1) is 0 Å². The number of hydrogen-bond acceptors (Lipinski definition) is 4. The highest BCUT2D eigenvalue weighted by atomic mass is 16.5. The molecule has 3 aromatic carbocycles. The van der Waals surface area contributed by atoms with Crippen LogP contribution < -0.4 is 10.2 Å². The molecule has 0 spiro atoms. The average molecular weight is 412 g/mol. The molecular formula is C25H24N4O2. The Balaban J connectivity index is 1.43. The van der Waals surface area contributed by atoms with Gasteiger partial charge in [-0.05, 0) is 66.1 Å². The van der Waals surface area contributed by atoms with Gasteiger partial charge in [0.05, 0.1) is 18.0 Å². The summed E-state index contributed by atoms with van der Waals surface area (Å²) < 4.78 is 5.60. The number of fused-ring (bicyclic) bond motifs is 1. The quantitative estimate of drug-likeness (QED) is 0.324. The summed E-state index contributed by atoms with van der Waals surface area (Å²) in [5.41, 5.74) is 6.20. The van der Waals surface area contributed by atoms with Crippen LogP contribution in [0.25, 0.3) is 22.0 Å². The number of benzene rings is 3. The third-order valence-electron chi connectivity index (χ3n) is 4.94. The zero-order valence-corrected chi connectivity index (χ0v) is 17.6. The number of carbonyl (C=O) groups is 1. The van der Waals surface area contributed by atoms with Crippen molar-refractivity contribution in [2.45, 2.75) is 20.3 Å². The highest BCUT2D eigenvalue weighted by Crippen LogP contribution is 2.21. The van der Waals surface area contributed by atoms with E-state index in [1.54, 1.807) is 6.07 Å². The van der Waals surface area contributed by atoms with E-state index in [1.807, 2.05) is 55.5 Å². The fraction of sp³-hybridized carbons (Fsp3) is 0.160. The van der Waals surface area contributed by atoms with Crippen molar-refractivity contribution in [3.05, 3.63) is 84.1 Å². The first-order valence-corrected chi connectivity index (χ1v) is 10.3. The molecule has 4 aromatic rings. The van der Waals surface area contributed by atoms with Crippen LogP contribution in [-0.4, -0.2) is 28.4 Å². The number of aromatic amines is 1. The Bertz CT molecular complexity index is 1230. The van der Waals surface area contributed by atoms with E-state index in [2.05, 4.69) is 45.8 Å². The van der Waals surface area contributed by atoms with Crippen LogP contribution in [-0.2, 0) is 0 Å². The molecule has 1 aromatic heterocycles. The molecule has 1 amide bonds. The molecule has 0 fully saturated rings. The highest BCUT2D eigenvalue weighted by molar-refractivity contribution is 6.03. The van der Waals surface area contributed by atoms with Crippen LogP contribution in [0, 0.1) is 0 Å². The average Bonchev–Trinajstić information content (AvgIpc) is 3.31. The summed E-state index contributed by atoms with van der Waals surface area (Å²) >= 11 is 0. The SMILES string of the molecule is CCCOc1ccc(-c2cc(C(=O)N/N=C(\C)c3ccc4ccccc4c3)[nH]n2)cc1. The second kappa shape index (κ2) is 9.26. The summed E-state index contributed by atoms with van der Waals surface area (Å²) in [6, 6.07) is 23.6. The summed E-state index contributed by atoms with van der Waals surface area (Å²) in [6.07, 6.45) is 0.961. The monoisotopic (exact) mass is 412 g/mol. The molecule has 31 heavy (non-hydrogen) atoms. The van der Waals surface area contributed by atoms with Gasteiger partial charge in [-0.25, -0.2) is 5.43 Å². The summed E-state index contributed by atoms with van der Waals surface area (Å²) in [5, 5.41) is 13.6. The molecule has 4 rings (SSSR count). The van der Waals surface area contributed by atoms with Crippen molar-refractivity contribution in [2.24, 2.45) is 5.10 Å². The van der Waals surface area contributed by atoms with Crippen molar-refractivity contribution in [1.82, 2.24) is 15.6 Å². The second-order valence-electron chi connectivity index (χ2n) is 7.24. The van der Waals surface area contributed by atoms with Crippen molar-refractivity contribution in [1.29, 1.82) is 0 Å². The van der Waals surface area contributed by atoms with Crippen molar-refractivity contribution in [3.8, 4) is 17.0 Å². The van der Waals surface area contributed by atoms with E-state index < -0.39 is 0 Å². The Hall–Kier alpha value is -3.93. The van der Waals surface area contributed by atoms with Crippen LogP contribution in [0.2, 0.25) is 0 Å². The third kappa shape index (κ3) is 4.80. The van der Waals surface area contributed by atoms with Gasteiger partial charge in [-0.1, -0.05) is 43.3 Å². The zero-order chi connectivity index (χ0) is 21.6. The van der Waals surface area contributed by atoms with Crippen molar-refractivity contribution in [3.63, 3.8) is 0 Å². The maximum Gasteiger partial charge on any atom is 0.289 e. The Morgan fingerprint density at radius 2 is 1.81 bits per heavy atom. The number of H-pyrrole nitrogens is 1. The maximum absolute atomic E-state index is 12.5. The van der Waals surface area contributed by atoms with E-state index >= 15 is 0 Å². The van der Waals surface area contributed by atoms with E-state index in [1.165, 1.54) is 0 Å². The second-order valence-corrected chi connectivity index (χ2v) is 7.24. The van der Waals surface area contributed by atoms with Gasteiger partial charge in [-0.3, -0.25) is 9.89 Å². The largest absolute Gasteiger partial charge is 0.494 e. The number of ether oxygens (including phenoxy) is 1. The van der Waals surface area contributed by atoms with Gasteiger partial charge in [0, 0.05) is 5.56 Å². The van der Waals surface area contributed by atoms with E-state index in [-0.39, 0.29) is 5.91 Å². The van der Waals surface area contributed by atoms with Crippen LogP contribution in [0.15, 0.2) is 77.9 Å². The first kappa shape index (κ1) is 20.3. The minimum Gasteiger partial charge on any atom is -0.494 e. The number of hydrogen-bond donors (Lipinski definition) is 2. The number of carbonyl (C=O) groups excluding carboxylic acids is 1. The van der Waals surface area contributed by atoms with E-state index in [9.17, 15) is 4.79 Å². The Labute approximate surface area is 181 Å². The molecule has 2 N–H and O–H groups in total. The van der Waals surface area contributed by atoms with E-state index in [0.717, 1.165) is 39.8 Å². The first-order valence-electron chi connectivity index (χ1n) is 10.3. The lowest BCUT2D eigenvalue weighted by molar-refractivity contribution is 0.0950. The van der Waals surface area contributed by atoms with Crippen molar-refractivity contribution >= 4 is 22.4 Å². The lowest BCUT2D eigenvalue weighted by Gasteiger charge is -2.04. The van der Waals surface area contributed by atoms with Crippen LogP contribution in [0.5, 0.6) is 5.75 Å². The van der Waals surface area contributed by atoms with Crippen molar-refractivity contribution in [2.75, 3.05) is 6.61 Å². The lowest BCUT2D eigenvalue weighted by atomic mass is 10.0. The van der Waals surface area contributed by atoms with Gasteiger partial charge in [0.2, 0.25) is 0 Å². The fourth-order valence-corrected chi connectivity index (χ4v) is 3.20. The molecule has 156 valence electrons. The minimum atomic E-state index is -0.346. The van der Waals surface area contributed by atoms with Crippen molar-refractivity contribution < 1.29 is 9.53 Å². The van der Waals surface area contributed by atoms with E-state index in [0.29, 0.717) is 18.0 Å². The maximum atomic E-state index is 12.5. The van der Waals surface area contributed by atoms with Gasteiger partial charge < -0.3 is 4.74 Å². The van der Waals surface area contributed by atoms with Gasteiger partial charge in [0.25, 0.3) is 5.91 Å². The molecule has 0 radical (unpaired) electrons. The van der Waals surface area contributed by atoms with Gasteiger partial charge in [-0.2, -0.15) is 10.2 Å². The van der Waals surface area contributed by atoms with Crippen LogP contribution in [0.3, 0.4) is 0 Å². The fourth-order valence-electron chi connectivity index (χ4n) is 3.20. The molecule has 0 aliphatic rings. The summed E-state index contributed by atoms with van der Waals surface area (Å²) in [4.78, 5) is 12.5. The van der Waals surface area contributed by atoms with Gasteiger partial charge >= 0.3 is 0 Å². The van der Waals surface area contributed by atoms with Crippen LogP contribution >= 0.6 is 0 Å². The molecule has 0 saturated carbocycles. The molecule has 0 aliphatic carbocycles. The number of nitrogens with zero attached hydrogens (tertiary/aromatic N) is 2. The number of amides is 1. The molecule has 1 heterocycles. The predicted octanol–water partition coefficient (Wildman–Crippen LogP) is 5.17. The van der Waals surface area contributed by atoms with Gasteiger partial charge in [0.1, 0.15) is 11.4 Å². The van der Waals surface area contributed by atoms with Crippen LogP contribution in [0.1, 0.15) is 36.3 Å². The summed E-state index contributed by atoms with van der Waals surface area (Å²) in [5.74, 6) is 0.472. The molecule has 6 nitrogen and oxygen atoms in total. The number of rotatable bonds is 7. The summed E-state index contributed by atoms with van der Waals surface area (Å²) in [7, 11) is 0. The summed E-state index contributed by atoms with van der Waals surface area (Å²) in [6.45, 7) is 4.62. The Morgan fingerprint density at radius 1 is 1.03 bits per heavy atom.